The molecule has 8 heteroatoms. The van der Waals surface area contributed by atoms with Crippen LogP contribution < -0.4 is 10.6 Å². The molecule has 3 N–H and O–H groups in total. The van der Waals surface area contributed by atoms with Crippen LogP contribution in [0.3, 0.4) is 0 Å². The first-order valence-electron chi connectivity index (χ1n) is 13.5. The Kier molecular flexibility index (Phi) is 6.64. The highest BCUT2D eigenvalue weighted by atomic mass is 35.5. The summed E-state index contributed by atoms with van der Waals surface area (Å²) in [4.78, 5) is 42.4. The highest BCUT2D eigenvalue weighted by Gasteiger charge is 2.51. The van der Waals surface area contributed by atoms with Crippen LogP contribution in [0.2, 0.25) is 5.02 Å². The smallest absolute Gasteiger partial charge is 0.329 e. The van der Waals surface area contributed by atoms with Gasteiger partial charge < -0.3 is 20.4 Å². The van der Waals surface area contributed by atoms with Gasteiger partial charge in [-0.25, -0.2) is 4.79 Å². The number of rotatable bonds is 8. The van der Waals surface area contributed by atoms with E-state index in [2.05, 4.69) is 15.6 Å². The molecule has 4 fully saturated rings. The Morgan fingerprint density at radius 1 is 0.974 bits per heavy atom. The average molecular weight is 534 g/mol. The SMILES string of the molecule is O=C(COC(=O)[C@H](Cc1c[nH]c2ccccc12)NC(=O)c1ccccc1Cl)NC12CC3CC(CC(C3)C1)C2. The summed E-state index contributed by atoms with van der Waals surface area (Å²) in [5.41, 5.74) is 1.91. The third kappa shape index (κ3) is 5.04. The van der Waals surface area contributed by atoms with E-state index in [9.17, 15) is 14.4 Å². The van der Waals surface area contributed by atoms with Gasteiger partial charge in [-0.3, -0.25) is 9.59 Å². The number of nitrogens with one attached hydrogen (secondary N) is 3. The number of aromatic amines is 1. The highest BCUT2D eigenvalue weighted by Crippen LogP contribution is 2.55. The minimum atomic E-state index is -0.995. The molecule has 4 aliphatic rings. The van der Waals surface area contributed by atoms with Crippen LogP contribution in [-0.2, 0) is 20.7 Å². The fraction of sp³-hybridized carbons (Fsp3) is 0.433. The third-order valence-corrected chi connectivity index (χ3v) is 8.93. The predicted octanol–water partition coefficient (Wildman–Crippen LogP) is 4.79. The normalized spacial score (nSPS) is 26.2. The lowest BCUT2D eigenvalue weighted by Crippen LogP contribution is -2.60. The van der Waals surface area contributed by atoms with Crippen molar-refractivity contribution in [1.29, 1.82) is 0 Å². The molecule has 1 atom stereocenters. The maximum atomic E-state index is 13.3. The van der Waals surface area contributed by atoms with E-state index in [1.165, 1.54) is 19.3 Å². The van der Waals surface area contributed by atoms with Gasteiger partial charge in [0.15, 0.2) is 6.61 Å². The maximum absolute atomic E-state index is 13.3. The number of halogens is 1. The molecule has 0 spiro atoms. The van der Waals surface area contributed by atoms with Crippen molar-refractivity contribution in [3.05, 3.63) is 70.9 Å². The number of carbonyl (C=O) groups is 3. The van der Waals surface area contributed by atoms with Crippen molar-refractivity contribution in [2.24, 2.45) is 17.8 Å². The summed E-state index contributed by atoms with van der Waals surface area (Å²) >= 11 is 6.22. The molecule has 7 nitrogen and oxygen atoms in total. The number of benzene rings is 2. The molecular weight excluding hydrogens is 502 g/mol. The van der Waals surface area contributed by atoms with E-state index in [4.69, 9.17) is 16.3 Å². The predicted molar refractivity (Wildman–Crippen MR) is 145 cm³/mol. The van der Waals surface area contributed by atoms with E-state index < -0.39 is 17.9 Å². The number of amides is 2. The number of hydrogen-bond donors (Lipinski definition) is 3. The summed E-state index contributed by atoms with van der Waals surface area (Å²) in [5, 5.41) is 7.27. The summed E-state index contributed by atoms with van der Waals surface area (Å²) < 4.78 is 5.50. The van der Waals surface area contributed by atoms with Crippen LogP contribution >= 0.6 is 11.6 Å². The Hall–Kier alpha value is -3.32. The van der Waals surface area contributed by atoms with Crippen LogP contribution in [0.5, 0.6) is 0 Å². The summed E-state index contributed by atoms with van der Waals surface area (Å²) in [6.07, 6.45) is 8.95. The van der Waals surface area contributed by atoms with Gasteiger partial charge in [-0.05, 0) is 80.0 Å². The van der Waals surface area contributed by atoms with Crippen molar-refractivity contribution in [2.45, 2.75) is 56.5 Å². The van der Waals surface area contributed by atoms with E-state index in [1.807, 2.05) is 30.5 Å². The summed E-state index contributed by atoms with van der Waals surface area (Å²) in [7, 11) is 0. The fourth-order valence-corrected chi connectivity index (χ4v) is 7.65. The van der Waals surface area contributed by atoms with Crippen molar-refractivity contribution < 1.29 is 19.1 Å². The molecule has 4 saturated carbocycles. The molecule has 0 saturated heterocycles. The van der Waals surface area contributed by atoms with E-state index in [1.54, 1.807) is 24.3 Å². The standard InChI is InChI=1S/C30H32ClN3O4/c31-24-7-3-1-6-23(24)28(36)33-26(12-21-16-32-25-8-4-2-5-22(21)25)29(37)38-17-27(35)34-30-13-18-9-19(14-30)11-20(10-18)15-30/h1-8,16,18-20,26,32H,9-15,17H2,(H,33,36)(H,34,35)/t18?,19?,20?,26-,30?/m0/s1. The molecule has 4 aliphatic carbocycles. The maximum Gasteiger partial charge on any atom is 0.329 e. The molecule has 1 heterocycles. The number of aromatic nitrogens is 1. The van der Waals surface area contributed by atoms with Crippen LogP contribution in [-0.4, -0.2) is 41.0 Å². The number of hydrogen-bond acceptors (Lipinski definition) is 4. The van der Waals surface area contributed by atoms with Crippen LogP contribution in [0.4, 0.5) is 0 Å². The van der Waals surface area contributed by atoms with Crippen molar-refractivity contribution in [3.63, 3.8) is 0 Å². The Morgan fingerprint density at radius 3 is 2.34 bits per heavy atom. The molecule has 1 aromatic heterocycles. The van der Waals surface area contributed by atoms with Gasteiger partial charge in [-0.15, -0.1) is 0 Å². The van der Waals surface area contributed by atoms with Crippen molar-refractivity contribution in [3.8, 4) is 0 Å². The second kappa shape index (κ2) is 10.1. The van der Waals surface area contributed by atoms with Crippen molar-refractivity contribution in [2.75, 3.05) is 6.61 Å². The van der Waals surface area contributed by atoms with Crippen LogP contribution in [0.25, 0.3) is 10.9 Å². The lowest BCUT2D eigenvalue weighted by molar-refractivity contribution is -0.151. The van der Waals surface area contributed by atoms with Gasteiger partial charge in [0.25, 0.3) is 11.8 Å². The average Bonchev–Trinajstić information content (AvgIpc) is 3.29. The lowest BCUT2D eigenvalue weighted by atomic mass is 9.53. The van der Waals surface area contributed by atoms with Crippen LogP contribution in [0.15, 0.2) is 54.7 Å². The first kappa shape index (κ1) is 25.0. The molecule has 198 valence electrons. The van der Waals surface area contributed by atoms with Crippen molar-refractivity contribution >= 4 is 40.3 Å². The number of para-hydroxylation sites is 1. The molecule has 0 aliphatic heterocycles. The molecule has 2 amide bonds. The number of fused-ring (bicyclic) bond motifs is 1. The first-order valence-corrected chi connectivity index (χ1v) is 13.8. The van der Waals surface area contributed by atoms with Crippen LogP contribution in [0.1, 0.15) is 54.4 Å². The summed E-state index contributed by atoms with van der Waals surface area (Å²) in [6, 6.07) is 13.4. The number of esters is 1. The van der Waals surface area contributed by atoms with Gasteiger partial charge in [-0.1, -0.05) is 41.9 Å². The Bertz CT molecular complexity index is 1350. The molecule has 0 unspecified atom stereocenters. The van der Waals surface area contributed by atoms with Crippen LogP contribution in [0, 0.1) is 17.8 Å². The van der Waals surface area contributed by atoms with Gasteiger partial charge in [-0.2, -0.15) is 0 Å². The lowest BCUT2D eigenvalue weighted by Gasteiger charge is -2.56. The largest absolute Gasteiger partial charge is 0.454 e. The Labute approximate surface area is 226 Å². The topological polar surface area (TPSA) is 100 Å². The summed E-state index contributed by atoms with van der Waals surface area (Å²) in [6.45, 7) is -0.368. The minimum absolute atomic E-state index is 0.153. The van der Waals surface area contributed by atoms with Gasteiger partial charge in [0.1, 0.15) is 6.04 Å². The number of H-pyrrole nitrogens is 1. The van der Waals surface area contributed by atoms with Crippen molar-refractivity contribution in [1.82, 2.24) is 15.6 Å². The van der Waals surface area contributed by atoms with E-state index >= 15 is 0 Å². The molecule has 0 radical (unpaired) electrons. The third-order valence-electron chi connectivity index (χ3n) is 8.60. The monoisotopic (exact) mass is 533 g/mol. The Morgan fingerprint density at radius 2 is 1.63 bits per heavy atom. The van der Waals surface area contributed by atoms with E-state index in [-0.39, 0.29) is 30.0 Å². The fourth-order valence-electron chi connectivity index (χ4n) is 7.43. The second-order valence-electron chi connectivity index (χ2n) is 11.4. The molecule has 2 aromatic carbocycles. The van der Waals surface area contributed by atoms with Gasteiger partial charge >= 0.3 is 5.97 Å². The zero-order valence-electron chi connectivity index (χ0n) is 21.2. The van der Waals surface area contributed by atoms with E-state index in [0.717, 1.165) is 35.7 Å². The Balaban J connectivity index is 1.14. The number of ether oxygens (including phenoxy) is 1. The van der Waals surface area contributed by atoms with E-state index in [0.29, 0.717) is 22.8 Å². The zero-order chi connectivity index (χ0) is 26.3. The second-order valence-corrected chi connectivity index (χ2v) is 11.8. The molecule has 3 aromatic rings. The summed E-state index contributed by atoms with van der Waals surface area (Å²) in [5.74, 6) is 0.689. The van der Waals surface area contributed by atoms with Gasteiger partial charge in [0.05, 0.1) is 10.6 Å². The number of carbonyl (C=O) groups excluding carboxylic acids is 3. The zero-order valence-corrected chi connectivity index (χ0v) is 21.9. The molecule has 4 bridgehead atoms. The highest BCUT2D eigenvalue weighted by molar-refractivity contribution is 6.33. The minimum Gasteiger partial charge on any atom is -0.454 e. The van der Waals surface area contributed by atoms with Gasteiger partial charge in [0, 0.05) is 29.1 Å². The van der Waals surface area contributed by atoms with Gasteiger partial charge in [0.2, 0.25) is 0 Å². The molecular formula is C30H32ClN3O4. The molecule has 7 rings (SSSR count). The first-order chi connectivity index (χ1) is 18.4. The quantitative estimate of drug-likeness (QED) is 0.362. The molecule has 38 heavy (non-hydrogen) atoms.